The van der Waals surface area contributed by atoms with Gasteiger partial charge in [-0.05, 0) is 31.2 Å². The van der Waals surface area contributed by atoms with Crippen LogP contribution in [0.3, 0.4) is 0 Å². The summed E-state index contributed by atoms with van der Waals surface area (Å²) in [5, 5.41) is 3.95. The molecule has 0 aliphatic heterocycles. The molecule has 1 atom stereocenters. The van der Waals surface area contributed by atoms with Crippen LogP contribution in [0.2, 0.25) is 0 Å². The van der Waals surface area contributed by atoms with Gasteiger partial charge in [0.15, 0.2) is 9.84 Å². The molecular weight excluding hydrogens is 292 g/mol. The Morgan fingerprint density at radius 2 is 1.67 bits per heavy atom. The van der Waals surface area contributed by atoms with Crippen LogP contribution in [0, 0.1) is 0 Å². The number of anilines is 2. The fourth-order valence-electron chi connectivity index (χ4n) is 1.56. The fourth-order valence-corrected chi connectivity index (χ4v) is 2.56. The van der Waals surface area contributed by atoms with Crippen molar-refractivity contribution in [3.05, 3.63) is 36.9 Å². The summed E-state index contributed by atoms with van der Waals surface area (Å²) < 4.78 is 23.5. The lowest BCUT2D eigenvalue weighted by atomic mass is 10.2. The topological polar surface area (TPSA) is 92.3 Å². The number of carbonyl (C=O) groups excluding carboxylic acids is 2. The average molecular weight is 310 g/mol. The zero-order chi connectivity index (χ0) is 16.0. The van der Waals surface area contributed by atoms with Crippen LogP contribution in [0.25, 0.3) is 0 Å². The van der Waals surface area contributed by atoms with E-state index in [-0.39, 0.29) is 11.7 Å². The van der Waals surface area contributed by atoms with Crippen LogP contribution >= 0.6 is 0 Å². The third-order valence-electron chi connectivity index (χ3n) is 2.73. The molecule has 21 heavy (non-hydrogen) atoms. The second-order valence-corrected chi connectivity index (χ2v) is 6.87. The fraction of sp³-hybridized carbons (Fsp3) is 0.286. The van der Waals surface area contributed by atoms with Crippen molar-refractivity contribution in [2.75, 3.05) is 16.4 Å². The van der Waals surface area contributed by atoms with Gasteiger partial charge in [0.2, 0.25) is 11.8 Å². The Hall–Kier alpha value is -2.15. The van der Waals surface area contributed by atoms with Gasteiger partial charge in [0.25, 0.3) is 0 Å². The third-order valence-corrected chi connectivity index (χ3v) is 4.72. The molecule has 2 N–H and O–H groups in total. The summed E-state index contributed by atoms with van der Waals surface area (Å²) in [6.45, 7) is 6.08. The molecule has 0 saturated carbocycles. The van der Waals surface area contributed by atoms with Crippen molar-refractivity contribution in [2.24, 2.45) is 0 Å². The first-order chi connectivity index (χ1) is 9.76. The molecule has 1 aromatic carbocycles. The van der Waals surface area contributed by atoms with Gasteiger partial charge in [-0.1, -0.05) is 6.08 Å². The number of nitrogens with one attached hydrogen (secondary N) is 2. The van der Waals surface area contributed by atoms with Crippen LogP contribution < -0.4 is 10.6 Å². The number of sulfone groups is 1. The van der Waals surface area contributed by atoms with Gasteiger partial charge in [-0.3, -0.25) is 9.59 Å². The van der Waals surface area contributed by atoms with Crippen LogP contribution in [0.4, 0.5) is 11.4 Å². The van der Waals surface area contributed by atoms with E-state index in [2.05, 4.69) is 17.2 Å². The molecule has 7 heteroatoms. The second kappa shape index (κ2) is 7.03. The maximum absolute atomic E-state index is 11.9. The van der Waals surface area contributed by atoms with Crippen LogP contribution in [0.1, 0.15) is 13.8 Å². The van der Waals surface area contributed by atoms with Crippen LogP contribution in [0.5, 0.6) is 0 Å². The standard InChI is InChI=1S/C14H18N2O4S/c1-4-9-21(19,20)10(2)14(18)16-13-7-5-12(6-8-13)15-11(3)17/h4-8,10H,1,9H2,2-3H3,(H,15,17)(H,16,18). The Labute approximate surface area is 124 Å². The monoisotopic (exact) mass is 310 g/mol. The van der Waals surface area contributed by atoms with Gasteiger partial charge in [-0.2, -0.15) is 0 Å². The number of rotatable bonds is 6. The minimum atomic E-state index is -3.54. The maximum Gasteiger partial charge on any atom is 0.242 e. The lowest BCUT2D eigenvalue weighted by Gasteiger charge is -2.12. The molecule has 114 valence electrons. The highest BCUT2D eigenvalue weighted by atomic mass is 32.2. The number of hydrogen-bond donors (Lipinski definition) is 2. The lowest BCUT2D eigenvalue weighted by molar-refractivity contribution is -0.116. The molecule has 0 fully saturated rings. The maximum atomic E-state index is 11.9. The van der Waals surface area contributed by atoms with E-state index in [1.54, 1.807) is 24.3 Å². The summed E-state index contributed by atoms with van der Waals surface area (Å²) in [7, 11) is -3.54. The summed E-state index contributed by atoms with van der Waals surface area (Å²) in [6, 6.07) is 6.38. The van der Waals surface area contributed by atoms with E-state index in [4.69, 9.17) is 0 Å². The Bertz CT molecular complexity index is 635. The SMILES string of the molecule is C=CCS(=O)(=O)C(C)C(=O)Nc1ccc(NC(C)=O)cc1. The number of carbonyl (C=O) groups is 2. The van der Waals surface area contributed by atoms with E-state index >= 15 is 0 Å². The highest BCUT2D eigenvalue weighted by Gasteiger charge is 2.26. The van der Waals surface area contributed by atoms with E-state index in [1.807, 2.05) is 0 Å². The predicted molar refractivity (Wildman–Crippen MR) is 82.8 cm³/mol. The molecule has 1 aromatic rings. The van der Waals surface area contributed by atoms with Gasteiger partial charge < -0.3 is 10.6 Å². The molecule has 0 aliphatic rings. The summed E-state index contributed by atoms with van der Waals surface area (Å²) in [4.78, 5) is 22.8. The minimum absolute atomic E-state index is 0.198. The first-order valence-corrected chi connectivity index (χ1v) is 7.99. The molecular formula is C14H18N2O4S. The van der Waals surface area contributed by atoms with Crippen molar-refractivity contribution in [3.8, 4) is 0 Å². The first-order valence-electron chi connectivity index (χ1n) is 6.27. The normalized spacial score (nSPS) is 12.3. The molecule has 2 amide bonds. The average Bonchev–Trinajstić information content (AvgIpc) is 2.39. The zero-order valence-electron chi connectivity index (χ0n) is 11.9. The summed E-state index contributed by atoms with van der Waals surface area (Å²) >= 11 is 0. The molecule has 0 aliphatic carbocycles. The quantitative estimate of drug-likeness (QED) is 0.780. The van der Waals surface area contributed by atoms with Crippen molar-refractivity contribution in [3.63, 3.8) is 0 Å². The number of hydrogen-bond acceptors (Lipinski definition) is 4. The van der Waals surface area contributed by atoms with E-state index in [0.717, 1.165) is 0 Å². The molecule has 0 bridgehead atoms. The third kappa shape index (κ3) is 5.03. The molecule has 1 rings (SSSR count). The van der Waals surface area contributed by atoms with Crippen LogP contribution in [-0.2, 0) is 19.4 Å². The van der Waals surface area contributed by atoms with Gasteiger partial charge in [0, 0.05) is 18.3 Å². The molecule has 0 aromatic heterocycles. The molecule has 0 saturated heterocycles. The van der Waals surface area contributed by atoms with Gasteiger partial charge >= 0.3 is 0 Å². The Morgan fingerprint density at radius 3 is 2.10 bits per heavy atom. The molecule has 0 heterocycles. The first kappa shape index (κ1) is 16.9. The molecule has 1 unspecified atom stereocenters. The van der Waals surface area contributed by atoms with Gasteiger partial charge in [0.05, 0.1) is 5.75 Å². The highest BCUT2D eigenvalue weighted by molar-refractivity contribution is 7.92. The van der Waals surface area contributed by atoms with E-state index in [1.165, 1.54) is 19.9 Å². The van der Waals surface area contributed by atoms with E-state index in [9.17, 15) is 18.0 Å². The summed E-state index contributed by atoms with van der Waals surface area (Å²) in [5.41, 5.74) is 1.04. The Morgan fingerprint density at radius 1 is 1.19 bits per heavy atom. The van der Waals surface area contributed by atoms with Crippen LogP contribution in [0.15, 0.2) is 36.9 Å². The zero-order valence-corrected chi connectivity index (χ0v) is 12.7. The lowest BCUT2D eigenvalue weighted by Crippen LogP contribution is -2.33. The molecule has 0 radical (unpaired) electrons. The van der Waals surface area contributed by atoms with Crippen LogP contribution in [-0.4, -0.2) is 31.2 Å². The second-order valence-electron chi connectivity index (χ2n) is 4.51. The summed E-state index contributed by atoms with van der Waals surface area (Å²) in [5.74, 6) is -1.05. The van der Waals surface area contributed by atoms with Crippen molar-refractivity contribution in [2.45, 2.75) is 19.1 Å². The van der Waals surface area contributed by atoms with Crippen molar-refractivity contribution < 1.29 is 18.0 Å². The Kier molecular flexibility index (Phi) is 5.66. The van der Waals surface area contributed by atoms with Crippen molar-refractivity contribution in [1.82, 2.24) is 0 Å². The van der Waals surface area contributed by atoms with E-state index in [0.29, 0.717) is 11.4 Å². The number of benzene rings is 1. The summed E-state index contributed by atoms with van der Waals surface area (Å²) in [6.07, 6.45) is 1.25. The predicted octanol–water partition coefficient (Wildman–Crippen LogP) is 1.57. The molecule has 0 spiro atoms. The highest BCUT2D eigenvalue weighted by Crippen LogP contribution is 2.15. The van der Waals surface area contributed by atoms with Gasteiger partial charge in [-0.15, -0.1) is 6.58 Å². The van der Waals surface area contributed by atoms with Crippen molar-refractivity contribution in [1.29, 1.82) is 0 Å². The molecule has 6 nitrogen and oxygen atoms in total. The minimum Gasteiger partial charge on any atom is -0.326 e. The van der Waals surface area contributed by atoms with Gasteiger partial charge in [0.1, 0.15) is 5.25 Å². The number of amides is 2. The largest absolute Gasteiger partial charge is 0.326 e. The van der Waals surface area contributed by atoms with Gasteiger partial charge in [-0.25, -0.2) is 8.42 Å². The smallest absolute Gasteiger partial charge is 0.242 e. The van der Waals surface area contributed by atoms with E-state index < -0.39 is 21.0 Å². The van der Waals surface area contributed by atoms with Crippen molar-refractivity contribution >= 4 is 33.0 Å². The Balaban J connectivity index is 2.75.